The molecule has 2 N–H and O–H groups in total. The molecule has 1 saturated heterocycles. The predicted molar refractivity (Wildman–Crippen MR) is 79.1 cm³/mol. The number of carbonyl (C=O) groups is 2. The zero-order chi connectivity index (χ0) is 15.0. The van der Waals surface area contributed by atoms with Crippen molar-refractivity contribution in [2.75, 3.05) is 12.9 Å². The number of hydrogen-bond donors (Lipinski definition) is 1. The van der Waals surface area contributed by atoms with Crippen molar-refractivity contribution in [3.8, 4) is 0 Å². The Morgan fingerprint density at radius 3 is 3.05 bits per heavy atom. The van der Waals surface area contributed by atoms with Gasteiger partial charge in [0.25, 0.3) is 0 Å². The Labute approximate surface area is 129 Å². The summed E-state index contributed by atoms with van der Waals surface area (Å²) < 4.78 is 8.56. The lowest BCUT2D eigenvalue weighted by molar-refractivity contribution is -0.149. The Bertz CT molecular complexity index is 641. The third-order valence-electron chi connectivity index (χ3n) is 3.25. The smallest absolute Gasteiger partial charge is 0.355 e. The van der Waals surface area contributed by atoms with Gasteiger partial charge >= 0.3 is 5.97 Å². The molecule has 1 aromatic rings. The number of ether oxygens (including phenoxy) is 1. The number of hydrogen-bond acceptors (Lipinski definition) is 8. The van der Waals surface area contributed by atoms with Crippen molar-refractivity contribution in [2.45, 2.75) is 11.4 Å². The first kappa shape index (κ1) is 14.2. The lowest BCUT2D eigenvalue weighted by atomic mass is 10.0. The molecule has 3 rings (SSSR count). The minimum absolute atomic E-state index is 0.190. The van der Waals surface area contributed by atoms with Gasteiger partial charge < -0.3 is 10.5 Å². The van der Waals surface area contributed by atoms with Gasteiger partial charge in [0, 0.05) is 11.1 Å². The topological polar surface area (TPSA) is 98.4 Å². The first-order chi connectivity index (χ1) is 10.1. The van der Waals surface area contributed by atoms with E-state index < -0.39 is 12.0 Å². The number of aromatic nitrogens is 2. The molecule has 0 saturated carbocycles. The van der Waals surface area contributed by atoms with Crippen LogP contribution in [0.15, 0.2) is 22.7 Å². The number of allylic oxidation sites excluding steroid dienone is 1. The number of esters is 1. The fourth-order valence-electron chi connectivity index (χ4n) is 2.18. The van der Waals surface area contributed by atoms with Crippen LogP contribution in [0.2, 0.25) is 0 Å². The Kier molecular flexibility index (Phi) is 3.79. The fourth-order valence-corrected chi connectivity index (χ4v) is 3.87. The number of carbonyl (C=O) groups excluding carboxylic acids is 2. The molecule has 0 spiro atoms. The highest BCUT2D eigenvalue weighted by Gasteiger charge is 2.51. The Morgan fingerprint density at radius 2 is 2.38 bits per heavy atom. The second-order valence-electron chi connectivity index (χ2n) is 4.46. The van der Waals surface area contributed by atoms with Crippen molar-refractivity contribution in [3.05, 3.63) is 28.4 Å². The van der Waals surface area contributed by atoms with E-state index in [0.717, 1.165) is 5.57 Å². The van der Waals surface area contributed by atoms with Crippen LogP contribution in [0, 0.1) is 0 Å². The zero-order valence-electron chi connectivity index (χ0n) is 11.1. The quantitative estimate of drug-likeness (QED) is 0.627. The number of methoxy groups -OCH3 is 1. The van der Waals surface area contributed by atoms with E-state index in [2.05, 4.69) is 9.59 Å². The summed E-state index contributed by atoms with van der Waals surface area (Å²) in [6, 6.07) is -0.553. The first-order valence-corrected chi connectivity index (χ1v) is 7.99. The van der Waals surface area contributed by atoms with Gasteiger partial charge in [0.1, 0.15) is 17.1 Å². The summed E-state index contributed by atoms with van der Waals surface area (Å²) in [5.74, 6) is -0.203. The van der Waals surface area contributed by atoms with Crippen LogP contribution in [-0.4, -0.2) is 50.6 Å². The van der Waals surface area contributed by atoms with Gasteiger partial charge in [0.05, 0.1) is 12.8 Å². The number of nitrogens with two attached hydrogens (primary N) is 1. The normalized spacial score (nSPS) is 25.0. The van der Waals surface area contributed by atoms with Gasteiger partial charge in [0.15, 0.2) is 0 Å². The van der Waals surface area contributed by atoms with Crippen LogP contribution in [0.5, 0.6) is 0 Å². The molecule has 2 aliphatic heterocycles. The molecule has 9 heteroatoms. The third kappa shape index (κ3) is 2.37. The maximum Gasteiger partial charge on any atom is 0.355 e. The molecule has 0 radical (unpaired) electrons. The molecule has 1 amide bonds. The molecule has 0 aromatic carbocycles. The molecule has 110 valence electrons. The van der Waals surface area contributed by atoms with Gasteiger partial charge in [-0.05, 0) is 23.2 Å². The molecule has 1 fully saturated rings. The molecule has 2 atom stereocenters. The van der Waals surface area contributed by atoms with E-state index in [1.54, 1.807) is 17.5 Å². The minimum atomic E-state index is -0.553. The molecule has 3 heterocycles. The first-order valence-electron chi connectivity index (χ1n) is 6.10. The summed E-state index contributed by atoms with van der Waals surface area (Å²) in [4.78, 5) is 25.3. The highest BCUT2D eigenvalue weighted by atomic mass is 32.2. The lowest BCUT2D eigenvalue weighted by Crippen LogP contribution is -2.68. The van der Waals surface area contributed by atoms with Gasteiger partial charge in [-0.15, -0.1) is 16.9 Å². The second-order valence-corrected chi connectivity index (χ2v) is 6.18. The van der Waals surface area contributed by atoms with Gasteiger partial charge in [-0.3, -0.25) is 9.69 Å². The summed E-state index contributed by atoms with van der Waals surface area (Å²) in [6.07, 6.45) is 3.52. The minimum Gasteiger partial charge on any atom is -0.464 e. The number of fused-ring (bicyclic) bond motifs is 1. The van der Waals surface area contributed by atoms with Crippen LogP contribution < -0.4 is 5.73 Å². The zero-order valence-corrected chi connectivity index (χ0v) is 12.7. The number of thioether (sulfide) groups is 1. The molecule has 2 aliphatic rings. The van der Waals surface area contributed by atoms with Crippen LogP contribution in [0.4, 0.5) is 0 Å². The van der Waals surface area contributed by atoms with Crippen molar-refractivity contribution >= 4 is 41.2 Å². The Hall–Kier alpha value is -1.71. The molecule has 0 aliphatic carbocycles. The average Bonchev–Trinajstić information content (AvgIpc) is 3.03. The third-order valence-corrected chi connectivity index (χ3v) is 5.10. The number of nitrogens with zero attached hydrogens (tertiary/aromatic N) is 3. The van der Waals surface area contributed by atoms with Gasteiger partial charge in [-0.1, -0.05) is 10.6 Å². The monoisotopic (exact) mass is 324 g/mol. The summed E-state index contributed by atoms with van der Waals surface area (Å²) in [5.41, 5.74) is 7.45. The predicted octanol–water partition coefficient (Wildman–Crippen LogP) is 0.221. The largest absolute Gasteiger partial charge is 0.464 e. The molecule has 1 unspecified atom stereocenters. The van der Waals surface area contributed by atoms with E-state index in [4.69, 9.17) is 10.5 Å². The molecular weight excluding hydrogens is 312 g/mol. The van der Waals surface area contributed by atoms with Crippen molar-refractivity contribution in [3.63, 3.8) is 0 Å². The van der Waals surface area contributed by atoms with Crippen molar-refractivity contribution in [1.29, 1.82) is 0 Å². The lowest BCUT2D eigenvalue weighted by Gasteiger charge is -2.47. The maximum absolute atomic E-state index is 12.0. The Morgan fingerprint density at radius 1 is 1.57 bits per heavy atom. The van der Waals surface area contributed by atoms with E-state index in [-0.39, 0.29) is 17.0 Å². The maximum atomic E-state index is 12.0. The molecule has 0 bridgehead atoms. The molecular formula is C12H12N4O3S2. The fraction of sp³-hybridized carbons (Fsp3) is 0.333. The molecule has 7 nitrogen and oxygen atoms in total. The van der Waals surface area contributed by atoms with Crippen LogP contribution in [-0.2, 0) is 14.3 Å². The van der Waals surface area contributed by atoms with Gasteiger partial charge in [-0.25, -0.2) is 4.79 Å². The molecule has 1 aromatic heterocycles. The van der Waals surface area contributed by atoms with E-state index >= 15 is 0 Å². The summed E-state index contributed by atoms with van der Waals surface area (Å²) >= 11 is 2.78. The SMILES string of the molecule is COC(=O)C1=C(/C=C\c2csnn2)CS[C@H]2C(N)C(=O)N12. The van der Waals surface area contributed by atoms with E-state index in [1.165, 1.54) is 35.3 Å². The summed E-state index contributed by atoms with van der Waals surface area (Å²) in [6.45, 7) is 0. The van der Waals surface area contributed by atoms with Gasteiger partial charge in [0.2, 0.25) is 5.91 Å². The Balaban J connectivity index is 1.95. The standard InChI is InChI=1S/C12H12N4O3S2/c1-19-12(18)9-6(2-3-7-5-21-15-14-7)4-20-11-8(13)10(17)16(9)11/h2-3,5,8,11H,4,13H2,1H3/b3-2-/t8?,11-/m0/s1. The van der Waals surface area contributed by atoms with Crippen LogP contribution in [0.25, 0.3) is 6.08 Å². The van der Waals surface area contributed by atoms with Crippen molar-refractivity contribution < 1.29 is 14.3 Å². The van der Waals surface area contributed by atoms with E-state index in [9.17, 15) is 9.59 Å². The van der Waals surface area contributed by atoms with E-state index in [0.29, 0.717) is 11.4 Å². The van der Waals surface area contributed by atoms with Crippen LogP contribution in [0.3, 0.4) is 0 Å². The van der Waals surface area contributed by atoms with Crippen LogP contribution >= 0.6 is 23.3 Å². The second kappa shape index (κ2) is 5.58. The number of β-lactam (4-membered cyclic amide) rings is 1. The van der Waals surface area contributed by atoms with Gasteiger partial charge in [-0.2, -0.15) is 0 Å². The summed E-state index contributed by atoms with van der Waals surface area (Å²) in [5, 5.41) is 5.50. The summed E-state index contributed by atoms with van der Waals surface area (Å²) in [7, 11) is 1.29. The van der Waals surface area contributed by atoms with Crippen LogP contribution in [0.1, 0.15) is 5.69 Å². The average molecular weight is 324 g/mol. The van der Waals surface area contributed by atoms with E-state index in [1.807, 2.05) is 0 Å². The van der Waals surface area contributed by atoms with Crippen molar-refractivity contribution in [1.82, 2.24) is 14.5 Å². The number of rotatable bonds is 3. The highest BCUT2D eigenvalue weighted by Crippen LogP contribution is 2.40. The molecule has 21 heavy (non-hydrogen) atoms. The highest BCUT2D eigenvalue weighted by molar-refractivity contribution is 8.00. The van der Waals surface area contributed by atoms with Crippen molar-refractivity contribution in [2.24, 2.45) is 5.73 Å². The number of amides is 1.